The van der Waals surface area contributed by atoms with Crippen LogP contribution >= 0.6 is 0 Å². The molecular weight excluding hydrogens is 306 g/mol. The number of carbonyl (C=O) groups excluding carboxylic acids is 2. The van der Waals surface area contributed by atoms with Crippen molar-refractivity contribution in [1.82, 2.24) is 14.7 Å². The highest BCUT2D eigenvalue weighted by Crippen LogP contribution is 2.20. The molecule has 0 spiro atoms. The van der Waals surface area contributed by atoms with Crippen molar-refractivity contribution in [2.45, 2.75) is 26.8 Å². The van der Waals surface area contributed by atoms with Gasteiger partial charge in [0.25, 0.3) is 11.5 Å². The van der Waals surface area contributed by atoms with E-state index in [1.807, 2.05) is 32.0 Å². The van der Waals surface area contributed by atoms with Gasteiger partial charge in [0.05, 0.1) is 5.69 Å². The first kappa shape index (κ1) is 17.6. The van der Waals surface area contributed by atoms with Gasteiger partial charge in [-0.2, -0.15) is 5.10 Å². The number of hydrogen-bond donors (Lipinski definition) is 0. The van der Waals surface area contributed by atoms with E-state index in [0.717, 1.165) is 21.4 Å². The van der Waals surface area contributed by atoms with Crippen LogP contribution in [-0.2, 0) is 9.59 Å². The second-order valence-electron chi connectivity index (χ2n) is 6.05. The lowest BCUT2D eigenvalue weighted by Crippen LogP contribution is -2.41. The SMILES string of the molecule is CC(=O)C(C(=O)N(C)C)n1nc(-c2ccc(C)c(C)c2)ccc1=O. The summed E-state index contributed by atoms with van der Waals surface area (Å²) < 4.78 is 0.967. The molecular formula is C18H21N3O3. The average Bonchev–Trinajstić information content (AvgIpc) is 2.51. The molecule has 1 aromatic heterocycles. The second kappa shape index (κ2) is 6.78. The maximum absolute atomic E-state index is 12.3. The van der Waals surface area contributed by atoms with Gasteiger partial charge in [-0.25, -0.2) is 4.68 Å². The molecule has 0 saturated carbocycles. The maximum atomic E-state index is 12.3. The second-order valence-corrected chi connectivity index (χ2v) is 6.05. The number of aryl methyl sites for hydroxylation is 2. The molecule has 0 aliphatic heterocycles. The van der Waals surface area contributed by atoms with E-state index in [1.165, 1.54) is 32.0 Å². The standard InChI is InChI=1S/C18H21N3O3/c1-11-6-7-14(10-12(11)2)15-8-9-16(23)21(19-15)17(13(3)22)18(24)20(4)5/h6-10,17H,1-5H3. The molecule has 6 nitrogen and oxygen atoms in total. The third kappa shape index (κ3) is 3.42. The number of amides is 1. The summed E-state index contributed by atoms with van der Waals surface area (Å²) >= 11 is 0. The van der Waals surface area contributed by atoms with Gasteiger partial charge < -0.3 is 4.90 Å². The lowest BCUT2D eigenvalue weighted by atomic mass is 10.0. The fourth-order valence-electron chi connectivity index (χ4n) is 2.36. The Labute approximate surface area is 140 Å². The Hall–Kier alpha value is -2.76. The summed E-state index contributed by atoms with van der Waals surface area (Å²) in [6.07, 6.45) is 0. The van der Waals surface area contributed by atoms with E-state index in [0.29, 0.717) is 5.69 Å². The van der Waals surface area contributed by atoms with Crippen molar-refractivity contribution in [3.8, 4) is 11.3 Å². The molecule has 0 radical (unpaired) electrons. The molecule has 1 heterocycles. The van der Waals surface area contributed by atoms with Gasteiger partial charge in [-0.05, 0) is 44.0 Å². The number of likely N-dealkylation sites (N-methyl/N-ethyl adjacent to an activating group) is 1. The highest BCUT2D eigenvalue weighted by atomic mass is 16.2. The first-order valence-electron chi connectivity index (χ1n) is 7.61. The third-order valence-electron chi connectivity index (χ3n) is 3.93. The van der Waals surface area contributed by atoms with Crippen LogP contribution in [-0.4, -0.2) is 40.5 Å². The van der Waals surface area contributed by atoms with Crippen LogP contribution in [0, 0.1) is 13.8 Å². The molecule has 0 saturated heterocycles. The summed E-state index contributed by atoms with van der Waals surface area (Å²) in [5.74, 6) is -0.908. The summed E-state index contributed by atoms with van der Waals surface area (Å²) in [5.41, 5.74) is 3.12. The first-order chi connectivity index (χ1) is 11.2. The molecule has 0 aliphatic carbocycles. The summed E-state index contributed by atoms with van der Waals surface area (Å²) in [6.45, 7) is 5.28. The molecule has 0 N–H and O–H groups in total. The van der Waals surface area contributed by atoms with Crippen LogP contribution < -0.4 is 5.56 Å². The van der Waals surface area contributed by atoms with Crippen molar-refractivity contribution >= 4 is 11.7 Å². The Kier molecular flexibility index (Phi) is 4.97. The predicted molar refractivity (Wildman–Crippen MR) is 91.8 cm³/mol. The van der Waals surface area contributed by atoms with Gasteiger partial charge in [0.2, 0.25) is 0 Å². The Bertz CT molecular complexity index is 853. The quantitative estimate of drug-likeness (QED) is 0.802. The maximum Gasteiger partial charge on any atom is 0.267 e. The van der Waals surface area contributed by atoms with Crippen LogP contribution in [0.1, 0.15) is 24.1 Å². The van der Waals surface area contributed by atoms with Crippen LogP contribution in [0.2, 0.25) is 0 Å². The van der Waals surface area contributed by atoms with E-state index < -0.39 is 23.3 Å². The average molecular weight is 327 g/mol. The number of aromatic nitrogens is 2. The number of benzene rings is 1. The zero-order valence-electron chi connectivity index (χ0n) is 14.5. The molecule has 2 rings (SSSR count). The van der Waals surface area contributed by atoms with E-state index >= 15 is 0 Å². The van der Waals surface area contributed by atoms with Gasteiger partial charge in [-0.3, -0.25) is 14.4 Å². The first-order valence-corrected chi connectivity index (χ1v) is 7.61. The molecule has 2 aromatic rings. The summed E-state index contributed by atoms with van der Waals surface area (Å²) in [4.78, 5) is 37.7. The minimum atomic E-state index is -1.25. The minimum Gasteiger partial charge on any atom is -0.347 e. The summed E-state index contributed by atoms with van der Waals surface area (Å²) in [5, 5.41) is 4.27. The van der Waals surface area contributed by atoms with E-state index in [2.05, 4.69) is 5.10 Å². The third-order valence-corrected chi connectivity index (χ3v) is 3.93. The van der Waals surface area contributed by atoms with Crippen molar-refractivity contribution in [2.75, 3.05) is 14.1 Å². The topological polar surface area (TPSA) is 72.3 Å². The highest BCUT2D eigenvalue weighted by Gasteiger charge is 2.29. The van der Waals surface area contributed by atoms with E-state index in [4.69, 9.17) is 0 Å². The van der Waals surface area contributed by atoms with Crippen LogP contribution in [0.15, 0.2) is 35.1 Å². The fraction of sp³-hybridized carbons (Fsp3) is 0.333. The van der Waals surface area contributed by atoms with Crippen molar-refractivity contribution < 1.29 is 9.59 Å². The van der Waals surface area contributed by atoms with Crippen molar-refractivity contribution in [3.05, 3.63) is 51.8 Å². The molecule has 24 heavy (non-hydrogen) atoms. The van der Waals surface area contributed by atoms with Gasteiger partial charge in [-0.1, -0.05) is 12.1 Å². The molecule has 1 unspecified atom stereocenters. The number of Topliss-reactive ketones (excluding diaryl/α,β-unsaturated/α-hetero) is 1. The normalized spacial score (nSPS) is 11.9. The Morgan fingerprint density at radius 3 is 2.29 bits per heavy atom. The van der Waals surface area contributed by atoms with Crippen molar-refractivity contribution in [2.24, 2.45) is 0 Å². The smallest absolute Gasteiger partial charge is 0.267 e. The van der Waals surface area contributed by atoms with Crippen molar-refractivity contribution in [3.63, 3.8) is 0 Å². The minimum absolute atomic E-state index is 0.430. The van der Waals surface area contributed by atoms with Gasteiger partial charge in [0.15, 0.2) is 11.8 Å². The largest absolute Gasteiger partial charge is 0.347 e. The van der Waals surface area contributed by atoms with Gasteiger partial charge in [0.1, 0.15) is 0 Å². The molecule has 0 fully saturated rings. The molecule has 0 aliphatic rings. The van der Waals surface area contributed by atoms with Crippen LogP contribution in [0.3, 0.4) is 0 Å². The van der Waals surface area contributed by atoms with Gasteiger partial charge in [-0.15, -0.1) is 0 Å². The zero-order chi connectivity index (χ0) is 18.0. The van der Waals surface area contributed by atoms with E-state index in [-0.39, 0.29) is 0 Å². The van der Waals surface area contributed by atoms with Crippen LogP contribution in [0.4, 0.5) is 0 Å². The Morgan fingerprint density at radius 2 is 1.75 bits per heavy atom. The number of nitrogens with zero attached hydrogens (tertiary/aromatic N) is 3. The molecule has 0 bridgehead atoms. The lowest BCUT2D eigenvalue weighted by Gasteiger charge is -2.19. The van der Waals surface area contributed by atoms with Gasteiger partial charge >= 0.3 is 0 Å². The lowest BCUT2D eigenvalue weighted by molar-refractivity contribution is -0.138. The van der Waals surface area contributed by atoms with Crippen LogP contribution in [0.5, 0.6) is 0 Å². The molecule has 6 heteroatoms. The monoisotopic (exact) mass is 327 g/mol. The summed E-state index contributed by atoms with van der Waals surface area (Å²) in [7, 11) is 3.08. The number of hydrogen-bond acceptors (Lipinski definition) is 4. The summed E-state index contributed by atoms with van der Waals surface area (Å²) in [6, 6.07) is 7.50. The molecule has 1 aromatic carbocycles. The number of carbonyl (C=O) groups is 2. The molecule has 1 atom stereocenters. The highest BCUT2D eigenvalue weighted by molar-refractivity contribution is 6.02. The fourth-order valence-corrected chi connectivity index (χ4v) is 2.36. The van der Waals surface area contributed by atoms with E-state index in [1.54, 1.807) is 6.07 Å². The molecule has 126 valence electrons. The predicted octanol–water partition coefficient (Wildman–Crippen LogP) is 1.75. The van der Waals surface area contributed by atoms with Gasteiger partial charge in [0, 0.05) is 25.7 Å². The van der Waals surface area contributed by atoms with Crippen molar-refractivity contribution in [1.29, 1.82) is 0 Å². The Morgan fingerprint density at radius 1 is 1.08 bits per heavy atom. The van der Waals surface area contributed by atoms with E-state index in [9.17, 15) is 14.4 Å². The molecule has 1 amide bonds. The number of rotatable bonds is 4. The number of ketones is 1. The zero-order valence-corrected chi connectivity index (χ0v) is 14.5. The Balaban J connectivity index is 2.59. The van der Waals surface area contributed by atoms with Crippen LogP contribution in [0.25, 0.3) is 11.3 Å².